The Hall–Kier alpha value is -0.610. The van der Waals surface area contributed by atoms with Gasteiger partial charge in [0.1, 0.15) is 0 Å². The third-order valence-corrected chi connectivity index (χ3v) is 3.07. The van der Waals surface area contributed by atoms with Gasteiger partial charge in [-0.1, -0.05) is 0 Å². The van der Waals surface area contributed by atoms with E-state index in [1.807, 2.05) is 4.90 Å². The maximum Gasteiger partial charge on any atom is 0.222 e. The van der Waals surface area contributed by atoms with E-state index in [1.54, 1.807) is 0 Å². The molecule has 4 nitrogen and oxygen atoms in total. The topological polar surface area (TPSA) is 66.6 Å². The number of carbonyl (C=O) groups excluding carboxylic acids is 1. The molecule has 15 heavy (non-hydrogen) atoms. The van der Waals surface area contributed by atoms with Crippen molar-refractivity contribution in [2.24, 2.45) is 11.7 Å². The highest BCUT2D eigenvalue weighted by Gasteiger charge is 2.21. The molecule has 88 valence electrons. The highest BCUT2D eigenvalue weighted by molar-refractivity contribution is 5.76. The summed E-state index contributed by atoms with van der Waals surface area (Å²) >= 11 is 0. The molecule has 1 rings (SSSR count). The van der Waals surface area contributed by atoms with E-state index in [4.69, 9.17) is 10.8 Å². The van der Waals surface area contributed by atoms with Crippen LogP contribution in [0.2, 0.25) is 0 Å². The summed E-state index contributed by atoms with van der Waals surface area (Å²) in [5.41, 5.74) is 5.38. The molecule has 0 spiro atoms. The lowest BCUT2D eigenvalue weighted by Crippen LogP contribution is -2.39. The quantitative estimate of drug-likeness (QED) is 0.649. The van der Waals surface area contributed by atoms with E-state index in [9.17, 15) is 4.79 Å². The van der Waals surface area contributed by atoms with Gasteiger partial charge in [-0.25, -0.2) is 0 Å². The lowest BCUT2D eigenvalue weighted by molar-refractivity contribution is -0.132. The Kier molecular flexibility index (Phi) is 5.65. The van der Waals surface area contributed by atoms with Gasteiger partial charge in [0.05, 0.1) is 0 Å². The summed E-state index contributed by atoms with van der Waals surface area (Å²) in [6.07, 6.45) is 4.34. The fraction of sp³-hybridized carbons (Fsp3) is 0.909. The van der Waals surface area contributed by atoms with Crippen molar-refractivity contribution in [3.63, 3.8) is 0 Å². The van der Waals surface area contributed by atoms with Crippen LogP contribution in [0.5, 0.6) is 0 Å². The van der Waals surface area contributed by atoms with Crippen LogP contribution in [0.1, 0.15) is 32.1 Å². The number of hydrogen-bond donors (Lipinski definition) is 2. The Morgan fingerprint density at radius 3 is 2.53 bits per heavy atom. The van der Waals surface area contributed by atoms with Crippen molar-refractivity contribution in [1.29, 1.82) is 0 Å². The monoisotopic (exact) mass is 214 g/mol. The summed E-state index contributed by atoms with van der Waals surface area (Å²) in [4.78, 5) is 13.6. The number of nitrogens with zero attached hydrogens (tertiary/aromatic N) is 1. The van der Waals surface area contributed by atoms with Gasteiger partial charge in [0.15, 0.2) is 0 Å². The number of unbranched alkanes of at least 4 members (excludes halogenated alkanes) is 1. The number of aliphatic hydroxyl groups excluding tert-OH is 1. The predicted molar refractivity (Wildman–Crippen MR) is 59.3 cm³/mol. The SMILES string of the molecule is NCCCCC(=O)N1CCC(CO)CC1. The first-order valence-electron chi connectivity index (χ1n) is 5.86. The minimum atomic E-state index is 0.250. The zero-order chi connectivity index (χ0) is 11.1. The second-order valence-electron chi connectivity index (χ2n) is 4.25. The zero-order valence-electron chi connectivity index (χ0n) is 9.32. The van der Waals surface area contributed by atoms with E-state index in [-0.39, 0.29) is 12.5 Å². The summed E-state index contributed by atoms with van der Waals surface area (Å²) in [6, 6.07) is 0. The van der Waals surface area contributed by atoms with Crippen LogP contribution < -0.4 is 5.73 Å². The molecule has 1 aliphatic rings. The molecule has 1 fully saturated rings. The van der Waals surface area contributed by atoms with Crippen LogP contribution in [0.3, 0.4) is 0 Å². The van der Waals surface area contributed by atoms with Gasteiger partial charge in [0.25, 0.3) is 0 Å². The van der Waals surface area contributed by atoms with Crippen molar-refractivity contribution in [3.8, 4) is 0 Å². The normalized spacial score (nSPS) is 18.1. The fourth-order valence-corrected chi connectivity index (χ4v) is 1.94. The minimum Gasteiger partial charge on any atom is -0.396 e. The molecule has 0 unspecified atom stereocenters. The molecule has 0 saturated carbocycles. The lowest BCUT2D eigenvalue weighted by atomic mass is 9.97. The fourth-order valence-electron chi connectivity index (χ4n) is 1.94. The molecule has 1 amide bonds. The van der Waals surface area contributed by atoms with Crippen LogP contribution in [0.15, 0.2) is 0 Å². The van der Waals surface area contributed by atoms with Crippen LogP contribution >= 0.6 is 0 Å². The minimum absolute atomic E-state index is 0.250. The summed E-state index contributed by atoms with van der Waals surface area (Å²) in [6.45, 7) is 2.55. The van der Waals surface area contributed by atoms with Crippen molar-refractivity contribution in [2.75, 3.05) is 26.2 Å². The molecule has 1 heterocycles. The molecular weight excluding hydrogens is 192 g/mol. The first-order chi connectivity index (χ1) is 7.27. The number of amides is 1. The van der Waals surface area contributed by atoms with Gasteiger partial charge in [-0.2, -0.15) is 0 Å². The number of rotatable bonds is 5. The largest absolute Gasteiger partial charge is 0.396 e. The number of nitrogens with two attached hydrogens (primary N) is 1. The summed E-state index contributed by atoms with van der Waals surface area (Å²) in [5.74, 6) is 0.651. The van der Waals surface area contributed by atoms with Crippen LogP contribution in [0, 0.1) is 5.92 Å². The van der Waals surface area contributed by atoms with Crippen molar-refractivity contribution < 1.29 is 9.90 Å². The van der Waals surface area contributed by atoms with Gasteiger partial charge >= 0.3 is 0 Å². The molecule has 3 N–H and O–H groups in total. The van der Waals surface area contributed by atoms with E-state index in [1.165, 1.54) is 0 Å². The van der Waals surface area contributed by atoms with Crippen LogP contribution in [0.25, 0.3) is 0 Å². The Labute approximate surface area is 91.4 Å². The van der Waals surface area contributed by atoms with Gasteiger partial charge < -0.3 is 15.7 Å². The van der Waals surface area contributed by atoms with Gasteiger partial charge in [-0.15, -0.1) is 0 Å². The third-order valence-electron chi connectivity index (χ3n) is 3.07. The van der Waals surface area contributed by atoms with Gasteiger partial charge in [-0.05, 0) is 38.1 Å². The Morgan fingerprint density at radius 2 is 2.00 bits per heavy atom. The molecule has 1 aliphatic heterocycles. The molecule has 1 saturated heterocycles. The van der Waals surface area contributed by atoms with Crippen LogP contribution in [-0.2, 0) is 4.79 Å². The predicted octanol–water partition coefficient (Wildman–Crippen LogP) is 0.346. The van der Waals surface area contributed by atoms with E-state index < -0.39 is 0 Å². The molecule has 0 atom stereocenters. The molecule has 0 aliphatic carbocycles. The summed E-state index contributed by atoms with van der Waals surface area (Å²) in [5, 5.41) is 8.97. The number of aliphatic hydroxyl groups is 1. The van der Waals surface area contributed by atoms with Crippen LogP contribution in [0.4, 0.5) is 0 Å². The van der Waals surface area contributed by atoms with Gasteiger partial charge in [0.2, 0.25) is 5.91 Å². The molecule has 0 aromatic heterocycles. The molecular formula is C11H22N2O2. The Balaban J connectivity index is 2.18. The standard InChI is InChI=1S/C11H22N2O2/c12-6-2-1-3-11(15)13-7-4-10(9-14)5-8-13/h10,14H,1-9,12H2. The summed E-state index contributed by atoms with van der Waals surface area (Å²) in [7, 11) is 0. The van der Waals surface area contributed by atoms with Crippen molar-refractivity contribution in [1.82, 2.24) is 4.90 Å². The number of piperidine rings is 1. The Bertz CT molecular complexity index is 189. The first-order valence-corrected chi connectivity index (χ1v) is 5.86. The molecule has 0 bridgehead atoms. The molecule has 4 heteroatoms. The number of hydrogen-bond acceptors (Lipinski definition) is 3. The van der Waals surface area contributed by atoms with Crippen molar-refractivity contribution in [2.45, 2.75) is 32.1 Å². The molecule has 0 aromatic carbocycles. The van der Waals surface area contributed by atoms with Crippen molar-refractivity contribution >= 4 is 5.91 Å². The van der Waals surface area contributed by atoms with Crippen LogP contribution in [-0.4, -0.2) is 42.2 Å². The highest BCUT2D eigenvalue weighted by Crippen LogP contribution is 2.17. The highest BCUT2D eigenvalue weighted by atomic mass is 16.3. The van der Waals surface area contributed by atoms with Gasteiger partial charge in [0, 0.05) is 26.1 Å². The first kappa shape index (κ1) is 12.5. The second kappa shape index (κ2) is 6.80. The average Bonchev–Trinajstić information content (AvgIpc) is 2.29. The second-order valence-corrected chi connectivity index (χ2v) is 4.25. The third kappa shape index (κ3) is 4.18. The average molecular weight is 214 g/mol. The number of carbonyl (C=O) groups is 1. The molecule has 0 radical (unpaired) electrons. The maximum atomic E-state index is 11.7. The lowest BCUT2D eigenvalue weighted by Gasteiger charge is -2.31. The number of likely N-dealkylation sites (tertiary alicyclic amines) is 1. The van der Waals surface area contributed by atoms with Crippen molar-refractivity contribution in [3.05, 3.63) is 0 Å². The van der Waals surface area contributed by atoms with Gasteiger partial charge in [-0.3, -0.25) is 4.79 Å². The molecule has 0 aromatic rings. The Morgan fingerprint density at radius 1 is 1.33 bits per heavy atom. The van der Waals surface area contributed by atoms with E-state index in [2.05, 4.69) is 0 Å². The maximum absolute atomic E-state index is 11.7. The smallest absolute Gasteiger partial charge is 0.222 e. The van der Waals surface area contributed by atoms with E-state index in [0.717, 1.165) is 38.8 Å². The van der Waals surface area contributed by atoms with E-state index >= 15 is 0 Å². The van der Waals surface area contributed by atoms with E-state index in [0.29, 0.717) is 18.9 Å². The summed E-state index contributed by atoms with van der Waals surface area (Å²) < 4.78 is 0. The zero-order valence-corrected chi connectivity index (χ0v) is 9.32.